The Morgan fingerprint density at radius 2 is 2.05 bits per heavy atom. The van der Waals surface area contributed by atoms with E-state index in [9.17, 15) is 15.2 Å². The van der Waals surface area contributed by atoms with Crippen molar-refractivity contribution in [3.8, 4) is 0 Å². The molecule has 0 bridgehead atoms. The van der Waals surface area contributed by atoms with E-state index in [4.69, 9.17) is 0 Å². The van der Waals surface area contributed by atoms with E-state index < -0.39 is 4.92 Å². The average Bonchev–Trinajstić information content (AvgIpc) is 3.23. The van der Waals surface area contributed by atoms with Crippen LogP contribution in [0.1, 0.15) is 26.2 Å². The van der Waals surface area contributed by atoms with Gasteiger partial charge in [-0.3, -0.25) is 10.1 Å². The van der Waals surface area contributed by atoms with E-state index in [0.29, 0.717) is 13.1 Å². The molecule has 0 amide bonds. The number of anilines is 2. The molecule has 20 heavy (non-hydrogen) atoms. The summed E-state index contributed by atoms with van der Waals surface area (Å²) in [5.74, 6) is 0.423. The van der Waals surface area contributed by atoms with Gasteiger partial charge in [0.1, 0.15) is 6.33 Å². The molecule has 0 radical (unpaired) electrons. The first-order chi connectivity index (χ1) is 9.62. The van der Waals surface area contributed by atoms with Crippen LogP contribution >= 0.6 is 0 Å². The SMILES string of the molecule is CCCNc1ncnc(NCC2(CO)CC2)c1[N+](=O)[O-]. The number of hydrogen-bond acceptors (Lipinski definition) is 7. The van der Waals surface area contributed by atoms with Crippen LogP contribution < -0.4 is 10.6 Å². The third kappa shape index (κ3) is 3.13. The largest absolute Gasteiger partial charge is 0.396 e. The highest BCUT2D eigenvalue weighted by Gasteiger charge is 2.42. The van der Waals surface area contributed by atoms with Crippen LogP contribution in [0.5, 0.6) is 0 Å². The van der Waals surface area contributed by atoms with Crippen molar-refractivity contribution >= 4 is 17.3 Å². The van der Waals surface area contributed by atoms with Gasteiger partial charge < -0.3 is 15.7 Å². The first kappa shape index (κ1) is 14.4. The fraction of sp³-hybridized carbons (Fsp3) is 0.667. The number of aliphatic hydroxyl groups excluding tert-OH is 1. The summed E-state index contributed by atoms with van der Waals surface area (Å²) >= 11 is 0. The van der Waals surface area contributed by atoms with Crippen molar-refractivity contribution in [1.29, 1.82) is 0 Å². The zero-order valence-corrected chi connectivity index (χ0v) is 11.4. The third-order valence-corrected chi connectivity index (χ3v) is 3.47. The highest BCUT2D eigenvalue weighted by atomic mass is 16.6. The Morgan fingerprint density at radius 1 is 1.40 bits per heavy atom. The summed E-state index contributed by atoms with van der Waals surface area (Å²) in [6, 6.07) is 0. The van der Waals surface area contributed by atoms with Crippen molar-refractivity contribution in [3.63, 3.8) is 0 Å². The minimum atomic E-state index is -0.487. The molecule has 1 saturated carbocycles. The van der Waals surface area contributed by atoms with E-state index in [2.05, 4.69) is 20.6 Å². The minimum Gasteiger partial charge on any atom is -0.396 e. The van der Waals surface area contributed by atoms with E-state index in [1.54, 1.807) is 0 Å². The van der Waals surface area contributed by atoms with Crippen molar-refractivity contribution in [2.45, 2.75) is 26.2 Å². The van der Waals surface area contributed by atoms with Gasteiger partial charge in [0.25, 0.3) is 0 Å². The Labute approximate surface area is 116 Å². The van der Waals surface area contributed by atoms with Crippen LogP contribution in [0.3, 0.4) is 0 Å². The fourth-order valence-electron chi connectivity index (χ4n) is 1.89. The second kappa shape index (κ2) is 6.00. The molecule has 110 valence electrons. The molecule has 0 aliphatic heterocycles. The van der Waals surface area contributed by atoms with E-state index in [1.807, 2.05) is 6.92 Å². The van der Waals surface area contributed by atoms with Crippen molar-refractivity contribution in [2.24, 2.45) is 5.41 Å². The van der Waals surface area contributed by atoms with Gasteiger partial charge in [-0.2, -0.15) is 0 Å². The maximum Gasteiger partial charge on any atom is 0.353 e. The number of aliphatic hydroxyl groups is 1. The summed E-state index contributed by atoms with van der Waals surface area (Å²) in [5, 5.41) is 26.4. The van der Waals surface area contributed by atoms with Crippen LogP contribution in [-0.2, 0) is 0 Å². The van der Waals surface area contributed by atoms with Gasteiger partial charge in [0, 0.05) is 18.5 Å². The van der Waals surface area contributed by atoms with Crippen molar-refractivity contribution in [2.75, 3.05) is 30.3 Å². The standard InChI is InChI=1S/C12H19N5O3/c1-2-5-13-10-9(17(19)20)11(16-8-15-10)14-6-12(7-18)3-4-12/h8,18H,2-7H2,1H3,(H2,13,14,15,16). The van der Waals surface area contributed by atoms with Crippen LogP contribution in [0.4, 0.5) is 17.3 Å². The van der Waals surface area contributed by atoms with E-state index in [1.165, 1.54) is 6.33 Å². The molecule has 0 aromatic carbocycles. The molecule has 8 heteroatoms. The van der Waals surface area contributed by atoms with Crippen LogP contribution in [0, 0.1) is 15.5 Å². The molecule has 0 unspecified atom stereocenters. The number of nitrogens with one attached hydrogen (secondary N) is 2. The highest BCUT2D eigenvalue weighted by Crippen LogP contribution is 2.45. The molecule has 8 nitrogen and oxygen atoms in total. The smallest absolute Gasteiger partial charge is 0.353 e. The predicted molar refractivity (Wildman–Crippen MR) is 74.7 cm³/mol. The van der Waals surface area contributed by atoms with Gasteiger partial charge >= 0.3 is 5.69 Å². The Kier molecular flexibility index (Phi) is 4.33. The van der Waals surface area contributed by atoms with Gasteiger partial charge in [0.05, 0.1) is 11.5 Å². The quantitative estimate of drug-likeness (QED) is 0.487. The number of nitro groups is 1. The lowest BCUT2D eigenvalue weighted by Gasteiger charge is -2.14. The Bertz CT molecular complexity index is 490. The second-order valence-corrected chi connectivity index (χ2v) is 5.12. The molecule has 0 atom stereocenters. The van der Waals surface area contributed by atoms with Gasteiger partial charge in [-0.05, 0) is 19.3 Å². The van der Waals surface area contributed by atoms with Crippen LogP contribution in [0.2, 0.25) is 0 Å². The summed E-state index contributed by atoms with van der Waals surface area (Å²) < 4.78 is 0. The summed E-state index contributed by atoms with van der Waals surface area (Å²) in [5.41, 5.74) is -0.287. The normalized spacial score (nSPS) is 15.7. The fourth-order valence-corrected chi connectivity index (χ4v) is 1.89. The molecular weight excluding hydrogens is 262 g/mol. The maximum atomic E-state index is 11.2. The molecule has 0 saturated heterocycles. The molecule has 1 heterocycles. The van der Waals surface area contributed by atoms with E-state index >= 15 is 0 Å². The molecule has 1 aromatic rings. The van der Waals surface area contributed by atoms with Crippen molar-refractivity contribution < 1.29 is 10.0 Å². The van der Waals surface area contributed by atoms with Gasteiger partial charge in [-0.15, -0.1) is 0 Å². The average molecular weight is 281 g/mol. The van der Waals surface area contributed by atoms with E-state index in [-0.39, 0.29) is 29.3 Å². The Morgan fingerprint density at radius 3 is 2.55 bits per heavy atom. The van der Waals surface area contributed by atoms with Gasteiger partial charge in [0.15, 0.2) is 0 Å². The van der Waals surface area contributed by atoms with Gasteiger partial charge in [0.2, 0.25) is 11.6 Å². The molecule has 1 aliphatic rings. The number of nitrogens with zero attached hydrogens (tertiary/aromatic N) is 3. The number of hydrogen-bond donors (Lipinski definition) is 3. The number of rotatable bonds is 8. The molecule has 1 fully saturated rings. The van der Waals surface area contributed by atoms with Crippen LogP contribution in [-0.4, -0.2) is 39.7 Å². The Balaban J connectivity index is 2.16. The topological polar surface area (TPSA) is 113 Å². The monoisotopic (exact) mass is 281 g/mol. The first-order valence-corrected chi connectivity index (χ1v) is 6.70. The van der Waals surface area contributed by atoms with Crippen LogP contribution in [0.25, 0.3) is 0 Å². The molecule has 0 spiro atoms. The third-order valence-electron chi connectivity index (χ3n) is 3.47. The van der Waals surface area contributed by atoms with Crippen molar-refractivity contribution in [3.05, 3.63) is 16.4 Å². The first-order valence-electron chi connectivity index (χ1n) is 6.70. The maximum absolute atomic E-state index is 11.2. The molecular formula is C12H19N5O3. The van der Waals surface area contributed by atoms with Gasteiger partial charge in [-0.25, -0.2) is 9.97 Å². The lowest BCUT2D eigenvalue weighted by molar-refractivity contribution is -0.383. The highest BCUT2D eigenvalue weighted by molar-refractivity contribution is 5.69. The van der Waals surface area contributed by atoms with Gasteiger partial charge in [-0.1, -0.05) is 6.92 Å². The number of aromatic nitrogens is 2. The lowest BCUT2D eigenvalue weighted by Crippen LogP contribution is -2.20. The molecule has 3 N–H and O–H groups in total. The lowest BCUT2D eigenvalue weighted by atomic mass is 10.1. The summed E-state index contributed by atoms with van der Waals surface area (Å²) in [6.07, 6.45) is 4.00. The summed E-state index contributed by atoms with van der Waals surface area (Å²) in [4.78, 5) is 18.6. The second-order valence-electron chi connectivity index (χ2n) is 5.12. The van der Waals surface area contributed by atoms with Crippen LogP contribution in [0.15, 0.2) is 6.33 Å². The molecule has 1 aliphatic carbocycles. The molecule has 1 aromatic heterocycles. The zero-order valence-electron chi connectivity index (χ0n) is 11.4. The summed E-state index contributed by atoms with van der Waals surface area (Å²) in [6.45, 7) is 3.14. The van der Waals surface area contributed by atoms with E-state index in [0.717, 1.165) is 19.3 Å². The molecule has 2 rings (SSSR count). The zero-order chi connectivity index (χ0) is 14.6. The minimum absolute atomic E-state index is 0.0832. The van der Waals surface area contributed by atoms with Crippen molar-refractivity contribution in [1.82, 2.24) is 9.97 Å². The Hall–Kier alpha value is -1.96. The summed E-state index contributed by atoms with van der Waals surface area (Å²) in [7, 11) is 0. The predicted octanol–water partition coefficient (Wildman–Crippen LogP) is 1.39.